The molecule has 0 bridgehead atoms. The molecule has 2 amide bonds. The van der Waals surface area contributed by atoms with Crippen molar-refractivity contribution in [1.29, 1.82) is 0 Å². The number of carbonyl (C=O) groups excluding carboxylic acids is 2. The van der Waals surface area contributed by atoms with E-state index in [-0.39, 0.29) is 23.0 Å². The summed E-state index contributed by atoms with van der Waals surface area (Å²) in [6, 6.07) is 8.98. The van der Waals surface area contributed by atoms with E-state index in [0.717, 1.165) is 0 Å². The van der Waals surface area contributed by atoms with Gasteiger partial charge in [-0.1, -0.05) is 6.07 Å². The number of rotatable bonds is 6. The van der Waals surface area contributed by atoms with Crippen LogP contribution in [-0.2, 0) is 4.79 Å². The monoisotopic (exact) mass is 364 g/mol. The molecule has 0 unspecified atom stereocenters. The predicted molar refractivity (Wildman–Crippen MR) is 93.1 cm³/mol. The van der Waals surface area contributed by atoms with Crippen LogP contribution in [0.5, 0.6) is 11.5 Å². The summed E-state index contributed by atoms with van der Waals surface area (Å²) in [5.74, 6) is -0.838. The quantitative estimate of drug-likeness (QED) is 0.817. The van der Waals surface area contributed by atoms with E-state index in [9.17, 15) is 18.4 Å². The fourth-order valence-electron chi connectivity index (χ4n) is 2.29. The van der Waals surface area contributed by atoms with Gasteiger partial charge in [0.15, 0.2) is 11.5 Å². The third-order valence-electron chi connectivity index (χ3n) is 3.53. The average molecular weight is 364 g/mol. The van der Waals surface area contributed by atoms with Crippen LogP contribution >= 0.6 is 0 Å². The SMILES string of the molecule is COc1cc(C(=O)Nc2cccc(NC(C)=O)c2C)ccc1OC(F)F. The maximum absolute atomic E-state index is 12.5. The molecule has 0 heterocycles. The molecule has 26 heavy (non-hydrogen) atoms. The molecule has 0 aliphatic rings. The zero-order chi connectivity index (χ0) is 19.3. The van der Waals surface area contributed by atoms with Crippen LogP contribution in [0.1, 0.15) is 22.8 Å². The molecular weight excluding hydrogens is 346 g/mol. The fourth-order valence-corrected chi connectivity index (χ4v) is 2.29. The molecule has 2 aromatic rings. The Hall–Kier alpha value is -3.16. The van der Waals surface area contributed by atoms with Crippen LogP contribution in [0, 0.1) is 6.92 Å². The first-order valence-electron chi connectivity index (χ1n) is 7.63. The number of methoxy groups -OCH3 is 1. The average Bonchev–Trinajstić information content (AvgIpc) is 2.57. The Labute approximate surface area is 149 Å². The van der Waals surface area contributed by atoms with Gasteiger partial charge in [0.25, 0.3) is 5.91 Å². The van der Waals surface area contributed by atoms with Crippen LogP contribution in [0.3, 0.4) is 0 Å². The molecule has 0 aromatic heterocycles. The van der Waals surface area contributed by atoms with E-state index in [4.69, 9.17) is 4.74 Å². The van der Waals surface area contributed by atoms with Crippen molar-refractivity contribution in [2.45, 2.75) is 20.5 Å². The number of hydrogen-bond donors (Lipinski definition) is 2. The van der Waals surface area contributed by atoms with Gasteiger partial charge in [0.05, 0.1) is 7.11 Å². The van der Waals surface area contributed by atoms with Crippen LogP contribution in [0.25, 0.3) is 0 Å². The number of amides is 2. The van der Waals surface area contributed by atoms with Gasteiger partial charge < -0.3 is 20.1 Å². The number of hydrogen-bond acceptors (Lipinski definition) is 4. The number of halogens is 2. The first-order valence-corrected chi connectivity index (χ1v) is 7.63. The van der Waals surface area contributed by atoms with Gasteiger partial charge in [-0.15, -0.1) is 0 Å². The minimum absolute atomic E-state index is 0.0154. The van der Waals surface area contributed by atoms with Crippen molar-refractivity contribution in [3.05, 3.63) is 47.5 Å². The van der Waals surface area contributed by atoms with Crippen LogP contribution in [0.2, 0.25) is 0 Å². The molecule has 2 aromatic carbocycles. The second-order valence-electron chi connectivity index (χ2n) is 5.36. The second-order valence-corrected chi connectivity index (χ2v) is 5.36. The molecule has 0 saturated carbocycles. The molecular formula is C18H18F2N2O4. The van der Waals surface area contributed by atoms with Crippen molar-refractivity contribution >= 4 is 23.2 Å². The summed E-state index contributed by atoms with van der Waals surface area (Å²) in [4.78, 5) is 23.7. The van der Waals surface area contributed by atoms with Crippen LogP contribution < -0.4 is 20.1 Å². The lowest BCUT2D eigenvalue weighted by Gasteiger charge is -2.14. The molecule has 0 saturated heterocycles. The van der Waals surface area contributed by atoms with E-state index in [2.05, 4.69) is 15.4 Å². The highest BCUT2D eigenvalue weighted by atomic mass is 19.3. The highest BCUT2D eigenvalue weighted by Gasteiger charge is 2.15. The zero-order valence-electron chi connectivity index (χ0n) is 14.4. The van der Waals surface area contributed by atoms with Crippen molar-refractivity contribution in [3.63, 3.8) is 0 Å². The van der Waals surface area contributed by atoms with E-state index in [0.29, 0.717) is 16.9 Å². The number of nitrogens with one attached hydrogen (secondary N) is 2. The minimum atomic E-state index is -3.00. The van der Waals surface area contributed by atoms with Gasteiger partial charge in [-0.05, 0) is 42.8 Å². The van der Waals surface area contributed by atoms with E-state index in [1.54, 1.807) is 25.1 Å². The molecule has 2 rings (SSSR count). The molecule has 0 aliphatic carbocycles. The molecule has 0 atom stereocenters. The molecule has 6 nitrogen and oxygen atoms in total. The van der Waals surface area contributed by atoms with Crippen molar-refractivity contribution in [2.75, 3.05) is 17.7 Å². The Morgan fingerprint density at radius 1 is 1.04 bits per heavy atom. The van der Waals surface area contributed by atoms with Crippen LogP contribution in [0.15, 0.2) is 36.4 Å². The fraction of sp³-hybridized carbons (Fsp3) is 0.222. The highest BCUT2D eigenvalue weighted by molar-refractivity contribution is 6.05. The van der Waals surface area contributed by atoms with Gasteiger partial charge in [0.1, 0.15) is 0 Å². The van der Waals surface area contributed by atoms with Crippen molar-refractivity contribution < 1.29 is 27.8 Å². The zero-order valence-corrected chi connectivity index (χ0v) is 14.4. The number of alkyl halides is 2. The van der Waals surface area contributed by atoms with Gasteiger partial charge in [-0.3, -0.25) is 9.59 Å². The lowest BCUT2D eigenvalue weighted by Crippen LogP contribution is -2.14. The second kappa shape index (κ2) is 8.28. The smallest absolute Gasteiger partial charge is 0.387 e. The summed E-state index contributed by atoms with van der Waals surface area (Å²) >= 11 is 0. The van der Waals surface area contributed by atoms with Crippen molar-refractivity contribution in [3.8, 4) is 11.5 Å². The molecule has 0 radical (unpaired) electrons. The number of carbonyl (C=O) groups is 2. The first-order chi connectivity index (χ1) is 12.3. The molecule has 0 spiro atoms. The summed E-state index contributed by atoms with van der Waals surface area (Å²) in [5, 5.41) is 5.39. The number of ether oxygens (including phenoxy) is 2. The predicted octanol–water partition coefficient (Wildman–Crippen LogP) is 3.82. The third kappa shape index (κ3) is 4.69. The standard InChI is InChI=1S/C18H18F2N2O4/c1-10-13(21-11(2)23)5-4-6-14(10)22-17(24)12-7-8-15(26-18(19)20)16(9-12)25-3/h4-9,18H,1-3H3,(H,21,23)(H,22,24). The summed E-state index contributed by atoms with van der Waals surface area (Å²) in [7, 11) is 1.29. The van der Waals surface area contributed by atoms with Crippen molar-refractivity contribution in [1.82, 2.24) is 0 Å². The Balaban J connectivity index is 2.24. The maximum Gasteiger partial charge on any atom is 0.387 e. The normalized spacial score (nSPS) is 10.4. The molecule has 0 aliphatic heterocycles. The Morgan fingerprint density at radius 2 is 1.69 bits per heavy atom. The van der Waals surface area contributed by atoms with Crippen LogP contribution in [0.4, 0.5) is 20.2 Å². The summed E-state index contributed by atoms with van der Waals surface area (Å²) in [5.41, 5.74) is 1.97. The van der Waals surface area contributed by atoms with Gasteiger partial charge in [-0.25, -0.2) is 0 Å². The van der Waals surface area contributed by atoms with Gasteiger partial charge in [0, 0.05) is 23.9 Å². The molecule has 138 valence electrons. The minimum Gasteiger partial charge on any atom is -0.493 e. The highest BCUT2D eigenvalue weighted by Crippen LogP contribution is 2.30. The van der Waals surface area contributed by atoms with E-state index < -0.39 is 12.5 Å². The lowest BCUT2D eigenvalue weighted by molar-refractivity contribution is -0.114. The number of anilines is 2. The first kappa shape index (κ1) is 19.2. The number of benzene rings is 2. The van der Waals surface area contributed by atoms with Gasteiger partial charge in [0.2, 0.25) is 5.91 Å². The largest absolute Gasteiger partial charge is 0.493 e. The van der Waals surface area contributed by atoms with Gasteiger partial charge in [-0.2, -0.15) is 8.78 Å². The molecule has 2 N–H and O–H groups in total. The van der Waals surface area contributed by atoms with Crippen molar-refractivity contribution in [2.24, 2.45) is 0 Å². The Bertz CT molecular complexity index is 825. The summed E-state index contributed by atoms with van der Waals surface area (Å²) in [6.07, 6.45) is 0. The molecule has 8 heteroatoms. The van der Waals surface area contributed by atoms with E-state index in [1.807, 2.05) is 0 Å². The summed E-state index contributed by atoms with van der Waals surface area (Å²) in [6.45, 7) is 0.142. The van der Waals surface area contributed by atoms with E-state index in [1.165, 1.54) is 32.2 Å². The third-order valence-corrected chi connectivity index (χ3v) is 3.53. The summed E-state index contributed by atoms with van der Waals surface area (Å²) < 4.78 is 34.1. The van der Waals surface area contributed by atoms with Crippen LogP contribution in [-0.4, -0.2) is 25.5 Å². The lowest BCUT2D eigenvalue weighted by atomic mass is 10.1. The molecule has 0 fully saturated rings. The topological polar surface area (TPSA) is 76.7 Å². The maximum atomic E-state index is 12.5. The Morgan fingerprint density at radius 3 is 2.27 bits per heavy atom. The van der Waals surface area contributed by atoms with Gasteiger partial charge >= 0.3 is 6.61 Å². The van der Waals surface area contributed by atoms with E-state index >= 15 is 0 Å². The Kier molecular flexibility index (Phi) is 6.11.